The lowest BCUT2D eigenvalue weighted by Crippen LogP contribution is -2.55. The lowest BCUT2D eigenvalue weighted by atomic mass is 9.70. The van der Waals surface area contributed by atoms with Crippen LogP contribution in [0.1, 0.15) is 12.0 Å². The minimum Gasteiger partial charge on any atom is -0.508 e. The Balaban J connectivity index is 2.77. The Morgan fingerprint density at radius 3 is 1.75 bits per heavy atom. The number of hydrogen-bond acceptors (Lipinski definition) is 3. The first kappa shape index (κ1) is 18.3. The number of aliphatic hydroxyl groups is 2. The van der Waals surface area contributed by atoms with E-state index in [0.29, 0.717) is 30.4 Å². The molecule has 0 radical (unpaired) electrons. The quantitative estimate of drug-likeness (QED) is 0.564. The third-order valence-electron chi connectivity index (χ3n) is 3.74. The van der Waals surface area contributed by atoms with Gasteiger partial charge in [0.2, 0.25) is 5.41 Å². The molecule has 132 valence electrons. The number of rotatable bonds is 2. The summed E-state index contributed by atoms with van der Waals surface area (Å²) < 4.78 is 81.9. The van der Waals surface area contributed by atoms with Crippen molar-refractivity contribution in [2.45, 2.75) is 30.0 Å². The molecule has 0 saturated heterocycles. The first-order valence-electron chi connectivity index (χ1n) is 6.59. The highest BCUT2D eigenvalue weighted by molar-refractivity contribution is 5.49. The van der Waals surface area contributed by atoms with Crippen LogP contribution in [0.25, 0.3) is 0 Å². The molecule has 3 nitrogen and oxygen atoms in total. The number of hydrogen-bond donors (Lipinski definition) is 3. The summed E-state index contributed by atoms with van der Waals surface area (Å²) in [4.78, 5) is 0. The van der Waals surface area contributed by atoms with Gasteiger partial charge in [-0.1, -0.05) is 24.3 Å². The van der Waals surface area contributed by atoms with E-state index < -0.39 is 46.9 Å². The van der Waals surface area contributed by atoms with E-state index in [4.69, 9.17) is 5.11 Å². The third-order valence-corrected chi connectivity index (χ3v) is 3.74. The van der Waals surface area contributed by atoms with Gasteiger partial charge in [-0.3, -0.25) is 0 Å². The molecule has 9 heteroatoms. The van der Waals surface area contributed by atoms with Gasteiger partial charge in [0, 0.05) is 6.42 Å². The van der Waals surface area contributed by atoms with Gasteiger partial charge in [-0.25, -0.2) is 0 Å². The van der Waals surface area contributed by atoms with Crippen LogP contribution in [0.2, 0.25) is 0 Å². The number of phenolic OH excluding ortho intramolecular Hbond substituents is 1. The Labute approximate surface area is 132 Å². The molecule has 2 rings (SSSR count). The molecule has 1 aliphatic carbocycles. The highest BCUT2D eigenvalue weighted by atomic mass is 19.4. The molecule has 0 bridgehead atoms. The SMILES string of the molecule is Oc1ccc(C(C2=CCC(O)(O)C=C2)(C(F)(F)F)C(F)(F)F)cc1. The maximum Gasteiger partial charge on any atom is 0.411 e. The van der Waals surface area contributed by atoms with Crippen LogP contribution in [0.15, 0.2) is 48.1 Å². The highest BCUT2D eigenvalue weighted by Crippen LogP contribution is 2.57. The Morgan fingerprint density at radius 2 is 1.38 bits per heavy atom. The average Bonchev–Trinajstić information content (AvgIpc) is 2.40. The summed E-state index contributed by atoms with van der Waals surface area (Å²) in [6.07, 6.45) is -11.0. The molecule has 0 fully saturated rings. The van der Waals surface area contributed by atoms with Crippen molar-refractivity contribution in [1.29, 1.82) is 0 Å². The zero-order valence-electron chi connectivity index (χ0n) is 11.9. The maximum absolute atomic E-state index is 13.7. The van der Waals surface area contributed by atoms with Crippen LogP contribution in [0.5, 0.6) is 5.75 Å². The summed E-state index contributed by atoms with van der Waals surface area (Å²) in [5.74, 6) is -3.00. The van der Waals surface area contributed by atoms with Crippen LogP contribution >= 0.6 is 0 Å². The molecular formula is C15H12F6O3. The molecule has 3 N–H and O–H groups in total. The molecule has 0 aromatic heterocycles. The topological polar surface area (TPSA) is 60.7 Å². The summed E-state index contributed by atoms with van der Waals surface area (Å²) >= 11 is 0. The maximum atomic E-state index is 13.7. The lowest BCUT2D eigenvalue weighted by Gasteiger charge is -2.40. The normalized spacial score (nSPS) is 18.4. The van der Waals surface area contributed by atoms with Crippen molar-refractivity contribution in [3.63, 3.8) is 0 Å². The number of aromatic hydroxyl groups is 1. The van der Waals surface area contributed by atoms with E-state index >= 15 is 0 Å². The van der Waals surface area contributed by atoms with Crippen molar-refractivity contribution in [1.82, 2.24) is 0 Å². The minimum atomic E-state index is -5.76. The zero-order chi connectivity index (χ0) is 18.4. The molecule has 0 unspecified atom stereocenters. The van der Waals surface area contributed by atoms with Gasteiger partial charge >= 0.3 is 12.4 Å². The summed E-state index contributed by atoms with van der Waals surface area (Å²) in [6.45, 7) is 0. The predicted octanol–water partition coefficient (Wildman–Crippen LogP) is 3.32. The van der Waals surface area contributed by atoms with Crippen LogP contribution in [0.3, 0.4) is 0 Å². The third kappa shape index (κ3) is 2.89. The second-order valence-electron chi connectivity index (χ2n) is 5.37. The summed E-state index contributed by atoms with van der Waals surface area (Å²) in [5, 5.41) is 27.7. The Morgan fingerprint density at radius 1 is 0.875 bits per heavy atom. The first-order valence-corrected chi connectivity index (χ1v) is 6.59. The largest absolute Gasteiger partial charge is 0.508 e. The van der Waals surface area contributed by atoms with E-state index in [-0.39, 0.29) is 0 Å². The van der Waals surface area contributed by atoms with Crippen LogP contribution in [0, 0.1) is 0 Å². The lowest BCUT2D eigenvalue weighted by molar-refractivity contribution is -0.289. The molecule has 0 heterocycles. The van der Waals surface area contributed by atoms with Gasteiger partial charge in [0.05, 0.1) is 0 Å². The molecule has 0 amide bonds. The van der Waals surface area contributed by atoms with E-state index in [1.165, 1.54) is 0 Å². The van der Waals surface area contributed by atoms with Crippen LogP contribution in [0.4, 0.5) is 26.3 Å². The smallest absolute Gasteiger partial charge is 0.411 e. The number of benzene rings is 1. The van der Waals surface area contributed by atoms with Gasteiger partial charge in [-0.2, -0.15) is 26.3 Å². The fourth-order valence-electron chi connectivity index (χ4n) is 2.59. The minimum absolute atomic E-state index is 0.400. The van der Waals surface area contributed by atoms with Crippen LogP contribution in [-0.4, -0.2) is 33.5 Å². The number of halogens is 6. The van der Waals surface area contributed by atoms with Crippen molar-refractivity contribution in [2.75, 3.05) is 0 Å². The summed E-state index contributed by atoms with van der Waals surface area (Å²) in [5.41, 5.74) is -6.67. The monoisotopic (exact) mass is 354 g/mol. The molecule has 1 aromatic rings. The first-order chi connectivity index (χ1) is 10.8. The number of alkyl halides is 6. The Bertz CT molecular complexity index is 654. The molecule has 0 saturated carbocycles. The van der Waals surface area contributed by atoms with Gasteiger partial charge in [-0.05, 0) is 29.3 Å². The van der Waals surface area contributed by atoms with Gasteiger partial charge in [-0.15, -0.1) is 0 Å². The van der Waals surface area contributed by atoms with E-state index in [0.717, 1.165) is 12.1 Å². The van der Waals surface area contributed by atoms with Crippen LogP contribution in [-0.2, 0) is 5.41 Å². The molecule has 1 aliphatic rings. The summed E-state index contributed by atoms with van der Waals surface area (Å²) in [7, 11) is 0. The molecule has 24 heavy (non-hydrogen) atoms. The fourth-order valence-corrected chi connectivity index (χ4v) is 2.59. The second-order valence-corrected chi connectivity index (χ2v) is 5.37. The molecule has 0 spiro atoms. The van der Waals surface area contributed by atoms with E-state index in [1.54, 1.807) is 0 Å². The van der Waals surface area contributed by atoms with E-state index in [1.807, 2.05) is 0 Å². The van der Waals surface area contributed by atoms with Crippen molar-refractivity contribution < 1.29 is 41.7 Å². The van der Waals surface area contributed by atoms with Crippen molar-refractivity contribution in [2.24, 2.45) is 0 Å². The van der Waals surface area contributed by atoms with E-state index in [2.05, 4.69) is 0 Å². The standard InChI is InChI=1S/C15H12F6O3/c16-14(17,18)13(15(19,20)21,9-1-3-11(22)4-2-9)10-5-7-12(23,24)8-6-10/h1-7,22-24H,8H2. The molecular weight excluding hydrogens is 342 g/mol. The van der Waals surface area contributed by atoms with Crippen LogP contribution < -0.4 is 0 Å². The van der Waals surface area contributed by atoms with Gasteiger partial charge in [0.15, 0.2) is 5.79 Å². The van der Waals surface area contributed by atoms with Crippen molar-refractivity contribution in [3.05, 3.63) is 53.6 Å². The number of allylic oxidation sites excluding steroid dienone is 2. The summed E-state index contributed by atoms with van der Waals surface area (Å²) in [6, 6.07) is 2.50. The van der Waals surface area contributed by atoms with Gasteiger partial charge < -0.3 is 15.3 Å². The highest BCUT2D eigenvalue weighted by Gasteiger charge is 2.73. The number of phenols is 1. The van der Waals surface area contributed by atoms with Gasteiger partial charge in [0.25, 0.3) is 0 Å². The van der Waals surface area contributed by atoms with Crippen molar-refractivity contribution in [3.8, 4) is 5.75 Å². The molecule has 0 atom stereocenters. The molecule has 1 aromatic carbocycles. The fraction of sp³-hybridized carbons (Fsp3) is 0.333. The average molecular weight is 354 g/mol. The van der Waals surface area contributed by atoms with Crippen molar-refractivity contribution >= 4 is 0 Å². The zero-order valence-corrected chi connectivity index (χ0v) is 11.9. The van der Waals surface area contributed by atoms with Gasteiger partial charge in [0.1, 0.15) is 5.75 Å². The Hall–Kier alpha value is -2.00. The Kier molecular flexibility index (Phi) is 4.22. The second kappa shape index (κ2) is 5.52. The predicted molar refractivity (Wildman–Crippen MR) is 70.9 cm³/mol. The van der Waals surface area contributed by atoms with E-state index in [9.17, 15) is 36.6 Å². The molecule has 0 aliphatic heterocycles.